The molecule has 0 saturated heterocycles. The Hall–Kier alpha value is -3.84. The van der Waals surface area contributed by atoms with Gasteiger partial charge in [-0.05, 0) is 55.2 Å². The van der Waals surface area contributed by atoms with Crippen LogP contribution in [0, 0.1) is 5.82 Å². The lowest BCUT2D eigenvalue weighted by molar-refractivity contribution is 0.396. The van der Waals surface area contributed by atoms with E-state index in [0.29, 0.717) is 16.8 Å². The van der Waals surface area contributed by atoms with Crippen LogP contribution in [-0.2, 0) is 6.42 Å². The van der Waals surface area contributed by atoms with Gasteiger partial charge in [0, 0.05) is 17.8 Å². The Kier molecular flexibility index (Phi) is 6.68. The molecule has 0 aliphatic carbocycles. The first-order valence-corrected chi connectivity index (χ1v) is 12.0. The van der Waals surface area contributed by atoms with Gasteiger partial charge in [-0.1, -0.05) is 78.0 Å². The maximum absolute atomic E-state index is 13.7. The fourth-order valence-corrected chi connectivity index (χ4v) is 4.70. The van der Waals surface area contributed by atoms with Crippen LogP contribution in [0.3, 0.4) is 0 Å². The Morgan fingerprint density at radius 3 is 2.37 bits per heavy atom. The van der Waals surface area contributed by atoms with Crippen LogP contribution in [0.15, 0.2) is 95.1 Å². The third-order valence-electron chi connectivity index (χ3n) is 6.18. The number of rotatable bonds is 7. The minimum atomic E-state index is -0.336. The van der Waals surface area contributed by atoms with Crippen molar-refractivity contribution in [2.24, 2.45) is 0 Å². The van der Waals surface area contributed by atoms with Crippen LogP contribution in [0.2, 0.25) is 0 Å². The average molecular weight is 485 g/mol. The first-order valence-electron chi connectivity index (χ1n) is 11.6. The van der Waals surface area contributed by atoms with Crippen molar-refractivity contribution in [3.05, 3.63) is 113 Å². The van der Waals surface area contributed by atoms with Gasteiger partial charge in [0.1, 0.15) is 5.82 Å². The molecule has 0 fully saturated rings. The van der Waals surface area contributed by atoms with E-state index in [1.807, 2.05) is 43.3 Å². The molecule has 0 spiro atoms. The second-order valence-electron chi connectivity index (χ2n) is 8.46. The summed E-state index contributed by atoms with van der Waals surface area (Å²) in [5, 5.41) is 8.27. The second kappa shape index (κ2) is 10.2. The van der Waals surface area contributed by atoms with Crippen LogP contribution >= 0.6 is 12.2 Å². The van der Waals surface area contributed by atoms with Gasteiger partial charge in [0.25, 0.3) is 5.89 Å². The molecule has 1 unspecified atom stereocenters. The number of hydrogen-bond acceptors (Lipinski definition) is 4. The molecule has 0 radical (unpaired) electrons. The SMILES string of the molecule is CC1=C(c2nc(-c3ccccc3)no2)C(c2ccc(F)cc2)NC(=S)N1CCCc1ccccc1. The zero-order valence-corrected chi connectivity index (χ0v) is 20.1. The first kappa shape index (κ1) is 22.9. The van der Waals surface area contributed by atoms with Crippen molar-refractivity contribution >= 4 is 22.9 Å². The van der Waals surface area contributed by atoms with E-state index in [0.717, 1.165) is 41.8 Å². The van der Waals surface area contributed by atoms with Gasteiger partial charge in [-0.25, -0.2) is 4.39 Å². The van der Waals surface area contributed by atoms with E-state index >= 15 is 0 Å². The summed E-state index contributed by atoms with van der Waals surface area (Å²) in [4.78, 5) is 6.80. The fraction of sp³-hybridized carbons (Fsp3) is 0.179. The molecule has 1 atom stereocenters. The summed E-state index contributed by atoms with van der Waals surface area (Å²) in [5.74, 6) is 0.641. The number of allylic oxidation sites excluding steroid dienone is 1. The predicted octanol–water partition coefficient (Wildman–Crippen LogP) is 6.17. The second-order valence-corrected chi connectivity index (χ2v) is 8.85. The summed E-state index contributed by atoms with van der Waals surface area (Å²) in [6, 6.07) is 26.2. The van der Waals surface area contributed by atoms with E-state index in [-0.39, 0.29) is 11.9 Å². The van der Waals surface area contributed by atoms with Crippen molar-refractivity contribution in [1.29, 1.82) is 0 Å². The van der Waals surface area contributed by atoms with Crippen molar-refractivity contribution in [1.82, 2.24) is 20.4 Å². The fourth-order valence-electron chi connectivity index (χ4n) is 4.36. The molecule has 1 aromatic heterocycles. The number of aryl methyl sites for hydroxylation is 1. The van der Waals surface area contributed by atoms with E-state index in [4.69, 9.17) is 21.7 Å². The number of thiocarbonyl (C=S) groups is 1. The molecular formula is C28H25FN4OS. The molecular weight excluding hydrogens is 459 g/mol. The summed E-state index contributed by atoms with van der Waals surface area (Å²) in [5.41, 5.74) is 4.81. The van der Waals surface area contributed by atoms with Crippen LogP contribution in [0.5, 0.6) is 0 Å². The third kappa shape index (κ3) is 5.00. The average Bonchev–Trinajstić information content (AvgIpc) is 3.37. The van der Waals surface area contributed by atoms with Crippen molar-refractivity contribution in [3.8, 4) is 11.4 Å². The Labute approximate surface area is 209 Å². The van der Waals surface area contributed by atoms with Crippen molar-refractivity contribution in [2.45, 2.75) is 25.8 Å². The molecule has 7 heteroatoms. The smallest absolute Gasteiger partial charge is 0.258 e. The predicted molar refractivity (Wildman–Crippen MR) is 139 cm³/mol. The number of benzene rings is 3. The van der Waals surface area contributed by atoms with Gasteiger partial charge in [0.2, 0.25) is 5.82 Å². The van der Waals surface area contributed by atoms with Gasteiger partial charge < -0.3 is 14.7 Å². The highest BCUT2D eigenvalue weighted by Gasteiger charge is 2.34. The van der Waals surface area contributed by atoms with Crippen molar-refractivity contribution in [2.75, 3.05) is 6.54 Å². The Morgan fingerprint density at radius 2 is 1.66 bits per heavy atom. The molecule has 1 aliphatic rings. The molecule has 0 saturated carbocycles. The van der Waals surface area contributed by atoms with Gasteiger partial charge in [-0.3, -0.25) is 0 Å². The number of aromatic nitrogens is 2. The van der Waals surface area contributed by atoms with Gasteiger partial charge in [-0.15, -0.1) is 0 Å². The largest absolute Gasteiger partial charge is 0.351 e. The Balaban J connectivity index is 1.49. The minimum Gasteiger partial charge on any atom is -0.351 e. The minimum absolute atomic E-state index is 0.291. The first-order chi connectivity index (χ1) is 17.1. The molecule has 1 aliphatic heterocycles. The number of hydrogen-bond donors (Lipinski definition) is 1. The number of nitrogens with one attached hydrogen (secondary N) is 1. The molecule has 1 N–H and O–H groups in total. The third-order valence-corrected chi connectivity index (χ3v) is 6.52. The number of nitrogens with zero attached hydrogens (tertiary/aromatic N) is 3. The lowest BCUT2D eigenvalue weighted by Crippen LogP contribution is -2.46. The highest BCUT2D eigenvalue weighted by molar-refractivity contribution is 7.80. The highest BCUT2D eigenvalue weighted by atomic mass is 32.1. The lowest BCUT2D eigenvalue weighted by Gasteiger charge is -2.37. The van der Waals surface area contributed by atoms with Gasteiger partial charge in [-0.2, -0.15) is 4.98 Å². The van der Waals surface area contributed by atoms with Gasteiger partial charge >= 0.3 is 0 Å². The van der Waals surface area contributed by atoms with Crippen LogP contribution < -0.4 is 5.32 Å². The van der Waals surface area contributed by atoms with Gasteiger partial charge in [0.05, 0.1) is 11.6 Å². The Bertz CT molecular complexity index is 1340. The summed E-state index contributed by atoms with van der Waals surface area (Å²) in [6.45, 7) is 2.76. The van der Waals surface area contributed by atoms with Crippen LogP contribution in [0.25, 0.3) is 17.0 Å². The molecule has 0 amide bonds. The maximum atomic E-state index is 13.7. The lowest BCUT2D eigenvalue weighted by atomic mass is 9.94. The highest BCUT2D eigenvalue weighted by Crippen LogP contribution is 2.37. The monoisotopic (exact) mass is 484 g/mol. The quantitative estimate of drug-likeness (QED) is 0.317. The molecule has 2 heterocycles. The van der Waals surface area contributed by atoms with E-state index in [2.05, 4.69) is 39.6 Å². The van der Waals surface area contributed by atoms with Crippen LogP contribution in [0.4, 0.5) is 4.39 Å². The molecule has 3 aromatic carbocycles. The standard InChI is InChI=1S/C28H25FN4OS/c1-19-24(27-31-26(32-34-27)22-12-6-3-7-13-22)25(21-14-16-23(29)17-15-21)30-28(35)33(19)18-8-11-20-9-4-2-5-10-20/h2-7,9-10,12-17,25H,8,11,18H2,1H3,(H,30,35). The topological polar surface area (TPSA) is 54.2 Å². The van der Waals surface area contributed by atoms with Crippen molar-refractivity contribution < 1.29 is 8.91 Å². The summed E-state index contributed by atoms with van der Waals surface area (Å²) >= 11 is 5.76. The van der Waals surface area contributed by atoms with E-state index < -0.39 is 0 Å². The molecule has 0 bridgehead atoms. The van der Waals surface area contributed by atoms with E-state index in [9.17, 15) is 4.39 Å². The molecule has 35 heavy (non-hydrogen) atoms. The maximum Gasteiger partial charge on any atom is 0.258 e. The zero-order chi connectivity index (χ0) is 24.2. The van der Waals surface area contributed by atoms with E-state index in [1.165, 1.54) is 17.7 Å². The summed E-state index contributed by atoms with van der Waals surface area (Å²) in [7, 11) is 0. The summed E-state index contributed by atoms with van der Waals surface area (Å²) in [6.07, 6.45) is 1.87. The Morgan fingerprint density at radius 1 is 0.971 bits per heavy atom. The zero-order valence-electron chi connectivity index (χ0n) is 19.3. The van der Waals surface area contributed by atoms with Crippen LogP contribution in [-0.4, -0.2) is 26.7 Å². The molecule has 5 rings (SSSR count). The molecule has 176 valence electrons. The van der Waals surface area contributed by atoms with Crippen LogP contribution in [0.1, 0.15) is 36.4 Å². The number of halogens is 1. The van der Waals surface area contributed by atoms with E-state index in [1.54, 1.807) is 12.1 Å². The summed E-state index contributed by atoms with van der Waals surface area (Å²) < 4.78 is 19.4. The van der Waals surface area contributed by atoms with Crippen molar-refractivity contribution in [3.63, 3.8) is 0 Å². The molecule has 5 nitrogen and oxygen atoms in total. The van der Waals surface area contributed by atoms with Gasteiger partial charge in [0.15, 0.2) is 5.11 Å². The normalized spacial score (nSPS) is 15.9. The molecule has 4 aromatic rings.